The predicted octanol–water partition coefficient (Wildman–Crippen LogP) is 4.77. The summed E-state index contributed by atoms with van der Waals surface area (Å²) >= 11 is 6.25. The van der Waals surface area contributed by atoms with E-state index >= 15 is 0 Å². The van der Waals surface area contributed by atoms with Gasteiger partial charge in [-0.25, -0.2) is 8.48 Å². The molecule has 0 aliphatic heterocycles. The van der Waals surface area contributed by atoms with Crippen LogP contribution in [0.5, 0.6) is 0 Å². The Labute approximate surface area is 147 Å². The second-order valence-corrected chi connectivity index (χ2v) is 6.03. The summed E-state index contributed by atoms with van der Waals surface area (Å²) < 4.78 is 19.8. The summed E-state index contributed by atoms with van der Waals surface area (Å²) in [5.74, 6) is -0.0298. The Morgan fingerprint density at radius 1 is 1.08 bits per heavy atom. The minimum Gasteiger partial charge on any atom is -0.356 e. The van der Waals surface area contributed by atoms with Gasteiger partial charge in [0.05, 0.1) is 16.8 Å². The third kappa shape index (κ3) is 2.53. The van der Waals surface area contributed by atoms with Gasteiger partial charge in [-0.2, -0.15) is 0 Å². The second-order valence-electron chi connectivity index (χ2n) is 5.69. The highest BCUT2D eigenvalue weighted by Gasteiger charge is 2.21. The number of hydrogen-bond donors (Lipinski definition) is 0. The van der Waals surface area contributed by atoms with Crippen molar-refractivity contribution in [2.24, 2.45) is 0 Å². The fourth-order valence-corrected chi connectivity index (χ4v) is 3.16. The average molecular weight is 355 g/mol. The molecule has 0 bridgehead atoms. The molecule has 0 atom stereocenters. The Kier molecular flexibility index (Phi) is 3.66. The van der Waals surface area contributed by atoms with E-state index in [0.29, 0.717) is 33.7 Å². The lowest BCUT2D eigenvalue weighted by Gasteiger charge is -2.13. The lowest BCUT2D eigenvalue weighted by Crippen LogP contribution is -2.17. The number of pyridine rings is 1. The van der Waals surface area contributed by atoms with Gasteiger partial charge >= 0.3 is 0 Å². The first kappa shape index (κ1) is 15.6. The van der Waals surface area contributed by atoms with E-state index in [4.69, 9.17) is 16.3 Å². The van der Waals surface area contributed by atoms with Gasteiger partial charge in [-0.15, -0.1) is 0 Å². The smallest absolute Gasteiger partial charge is 0.277 e. The molecule has 0 unspecified atom stereocenters. The van der Waals surface area contributed by atoms with Crippen LogP contribution in [0.4, 0.5) is 4.39 Å². The van der Waals surface area contributed by atoms with E-state index in [0.717, 1.165) is 9.47 Å². The van der Waals surface area contributed by atoms with Crippen LogP contribution in [0.3, 0.4) is 0 Å². The number of para-hydroxylation sites is 1. The van der Waals surface area contributed by atoms with E-state index in [1.54, 1.807) is 37.3 Å². The number of fused-ring (bicyclic) bond motifs is 1. The summed E-state index contributed by atoms with van der Waals surface area (Å²) in [7, 11) is 0. The second kappa shape index (κ2) is 5.86. The van der Waals surface area contributed by atoms with Gasteiger partial charge in [0.15, 0.2) is 5.76 Å². The van der Waals surface area contributed by atoms with E-state index in [1.807, 2.05) is 12.1 Å². The molecule has 124 valence electrons. The number of hydrogen-bond acceptors (Lipinski definition) is 3. The maximum atomic E-state index is 13.4. The first-order chi connectivity index (χ1) is 12.1. The van der Waals surface area contributed by atoms with Crippen molar-refractivity contribution in [3.8, 4) is 22.5 Å². The van der Waals surface area contributed by atoms with E-state index < -0.39 is 5.56 Å². The average Bonchev–Trinajstić information content (AvgIpc) is 3.05. The molecular formula is C19H12ClFN2O2. The van der Waals surface area contributed by atoms with Crippen LogP contribution in [0.1, 0.15) is 5.69 Å². The number of nitrogens with zero attached hydrogens (tertiary/aromatic N) is 2. The van der Waals surface area contributed by atoms with E-state index in [9.17, 15) is 9.18 Å². The number of halogens is 2. The minimum atomic E-state index is -0.421. The SMILES string of the molecule is Cc1cc(-c2c(-c3ccc(F)cc3)c3ccccc3n(Cl)c2=O)on1. The molecule has 6 heteroatoms. The van der Waals surface area contributed by atoms with E-state index in [2.05, 4.69) is 5.16 Å². The maximum Gasteiger partial charge on any atom is 0.277 e. The van der Waals surface area contributed by atoms with Gasteiger partial charge in [-0.05, 0) is 30.7 Å². The lowest BCUT2D eigenvalue weighted by molar-refractivity contribution is 0.427. The largest absolute Gasteiger partial charge is 0.356 e. The molecule has 0 aliphatic carbocycles. The summed E-state index contributed by atoms with van der Waals surface area (Å²) in [4.78, 5) is 12.9. The van der Waals surface area contributed by atoms with Crippen molar-refractivity contribution in [2.45, 2.75) is 6.92 Å². The summed E-state index contributed by atoms with van der Waals surface area (Å²) in [6.45, 7) is 1.77. The highest BCUT2D eigenvalue weighted by atomic mass is 35.5. The van der Waals surface area contributed by atoms with Crippen LogP contribution >= 0.6 is 11.8 Å². The summed E-state index contributed by atoms with van der Waals surface area (Å²) in [5.41, 5.74) is 2.41. The van der Waals surface area contributed by atoms with Gasteiger partial charge in [-0.1, -0.05) is 35.5 Å². The highest BCUT2D eigenvalue weighted by Crippen LogP contribution is 2.36. The lowest BCUT2D eigenvalue weighted by atomic mass is 9.95. The van der Waals surface area contributed by atoms with Gasteiger partial charge < -0.3 is 4.52 Å². The predicted molar refractivity (Wildman–Crippen MR) is 95.1 cm³/mol. The topological polar surface area (TPSA) is 48.0 Å². The van der Waals surface area contributed by atoms with Crippen LogP contribution in [0.2, 0.25) is 0 Å². The molecule has 2 aromatic heterocycles. The Bertz CT molecular complexity index is 1150. The third-order valence-corrected chi connectivity index (χ3v) is 4.37. The van der Waals surface area contributed by atoms with Crippen LogP contribution in [0, 0.1) is 12.7 Å². The monoisotopic (exact) mass is 354 g/mol. The van der Waals surface area contributed by atoms with Gasteiger partial charge in [0.2, 0.25) is 0 Å². The molecule has 0 saturated heterocycles. The normalized spacial score (nSPS) is 11.2. The molecule has 4 nitrogen and oxygen atoms in total. The van der Waals surface area contributed by atoms with Crippen molar-refractivity contribution in [2.75, 3.05) is 0 Å². The van der Waals surface area contributed by atoms with Gasteiger partial charge in [0.25, 0.3) is 5.56 Å². The summed E-state index contributed by atoms with van der Waals surface area (Å²) in [5, 5.41) is 4.62. The van der Waals surface area contributed by atoms with Crippen molar-refractivity contribution in [3.05, 3.63) is 76.5 Å². The fourth-order valence-electron chi connectivity index (χ4n) is 2.93. The number of benzene rings is 2. The van der Waals surface area contributed by atoms with Crippen LogP contribution < -0.4 is 5.56 Å². The first-order valence-electron chi connectivity index (χ1n) is 7.60. The van der Waals surface area contributed by atoms with Crippen LogP contribution in [0.15, 0.2) is 63.9 Å². The molecule has 2 heterocycles. The third-order valence-electron chi connectivity index (χ3n) is 4.03. The highest BCUT2D eigenvalue weighted by molar-refractivity contribution is 6.20. The number of aromatic nitrogens is 2. The van der Waals surface area contributed by atoms with Crippen molar-refractivity contribution >= 4 is 22.7 Å². The summed E-state index contributed by atoms with van der Waals surface area (Å²) in [6, 6.07) is 14.9. The molecule has 2 aromatic carbocycles. The molecule has 0 spiro atoms. The molecule has 0 amide bonds. The van der Waals surface area contributed by atoms with Crippen LogP contribution in [-0.2, 0) is 0 Å². The maximum absolute atomic E-state index is 13.4. The molecule has 0 fully saturated rings. The zero-order chi connectivity index (χ0) is 17.6. The standard InChI is InChI=1S/C19H12ClFN2O2/c1-11-10-16(25-22-11)18-17(12-6-8-13(21)9-7-12)14-4-2-3-5-15(14)23(20)19(18)24/h2-10H,1H3. The Hall–Kier alpha value is -2.92. The quantitative estimate of drug-likeness (QED) is 0.521. The minimum absolute atomic E-state index is 0.293. The number of rotatable bonds is 2. The first-order valence-corrected chi connectivity index (χ1v) is 7.93. The Morgan fingerprint density at radius 3 is 2.48 bits per heavy atom. The van der Waals surface area contributed by atoms with E-state index in [1.165, 1.54) is 12.1 Å². The van der Waals surface area contributed by atoms with Gasteiger partial charge in [-0.3, -0.25) is 4.79 Å². The molecule has 0 saturated carbocycles. The van der Waals surface area contributed by atoms with Crippen LogP contribution in [0.25, 0.3) is 33.4 Å². The molecule has 0 radical (unpaired) electrons. The molecular weight excluding hydrogens is 343 g/mol. The molecule has 25 heavy (non-hydrogen) atoms. The van der Waals surface area contributed by atoms with Crippen molar-refractivity contribution in [1.82, 2.24) is 9.24 Å². The molecule has 4 rings (SSSR count). The fraction of sp³-hybridized carbons (Fsp3) is 0.0526. The Balaban J connectivity index is 2.19. The van der Waals surface area contributed by atoms with Crippen molar-refractivity contribution < 1.29 is 8.91 Å². The van der Waals surface area contributed by atoms with Gasteiger partial charge in [0, 0.05) is 28.8 Å². The molecule has 4 aromatic rings. The summed E-state index contributed by atoms with van der Waals surface area (Å²) in [6.07, 6.45) is 0. The zero-order valence-electron chi connectivity index (χ0n) is 13.2. The number of aryl methyl sites for hydroxylation is 1. The molecule has 0 N–H and O–H groups in total. The van der Waals surface area contributed by atoms with Crippen molar-refractivity contribution in [1.29, 1.82) is 0 Å². The zero-order valence-corrected chi connectivity index (χ0v) is 13.9. The Morgan fingerprint density at radius 2 is 1.80 bits per heavy atom. The van der Waals surface area contributed by atoms with Crippen molar-refractivity contribution in [3.63, 3.8) is 0 Å². The van der Waals surface area contributed by atoms with Gasteiger partial charge in [0.1, 0.15) is 5.82 Å². The van der Waals surface area contributed by atoms with E-state index in [-0.39, 0.29) is 5.82 Å². The van der Waals surface area contributed by atoms with Crippen LogP contribution in [-0.4, -0.2) is 9.24 Å². The molecule has 0 aliphatic rings.